The smallest absolute Gasteiger partial charge is 0.337 e. The Morgan fingerprint density at radius 1 is 0.973 bits per heavy atom. The fourth-order valence-electron chi connectivity index (χ4n) is 3.94. The SMILES string of the molecule is COC(=O)c1cccc(-c2ccc(COc3cnc(CS(=O)c4nc5ccccc5[nH]4)c(C)c3)cc2)c1. The number of para-hydroxylation sites is 2. The van der Waals surface area contributed by atoms with E-state index in [4.69, 9.17) is 9.47 Å². The first kappa shape index (κ1) is 24.4. The topological polar surface area (TPSA) is 94.2 Å². The molecule has 7 nitrogen and oxygen atoms in total. The summed E-state index contributed by atoms with van der Waals surface area (Å²) in [6, 6.07) is 24.8. The van der Waals surface area contributed by atoms with Crippen molar-refractivity contribution in [1.82, 2.24) is 15.0 Å². The molecule has 0 aliphatic rings. The van der Waals surface area contributed by atoms with Crippen molar-refractivity contribution in [3.63, 3.8) is 0 Å². The molecule has 0 saturated carbocycles. The van der Waals surface area contributed by atoms with E-state index < -0.39 is 10.8 Å². The number of rotatable bonds is 8. The van der Waals surface area contributed by atoms with Gasteiger partial charge < -0.3 is 14.5 Å². The van der Waals surface area contributed by atoms with Crippen molar-refractivity contribution in [2.75, 3.05) is 7.11 Å². The van der Waals surface area contributed by atoms with E-state index in [1.807, 2.05) is 79.7 Å². The molecule has 1 atom stereocenters. The van der Waals surface area contributed by atoms with E-state index in [2.05, 4.69) is 15.0 Å². The third-order valence-corrected chi connectivity index (χ3v) is 7.15. The summed E-state index contributed by atoms with van der Waals surface area (Å²) in [4.78, 5) is 23.9. The van der Waals surface area contributed by atoms with Crippen LogP contribution in [0, 0.1) is 6.92 Å². The number of nitrogens with zero attached hydrogens (tertiary/aromatic N) is 2. The van der Waals surface area contributed by atoms with Gasteiger partial charge in [0.25, 0.3) is 0 Å². The fourth-order valence-corrected chi connectivity index (χ4v) is 5.05. The van der Waals surface area contributed by atoms with Crippen LogP contribution in [0.15, 0.2) is 90.2 Å². The van der Waals surface area contributed by atoms with Crippen molar-refractivity contribution < 1.29 is 18.5 Å². The lowest BCUT2D eigenvalue weighted by Crippen LogP contribution is -2.04. The van der Waals surface area contributed by atoms with E-state index in [0.717, 1.165) is 39.0 Å². The summed E-state index contributed by atoms with van der Waals surface area (Å²) in [5.41, 5.74) is 6.75. The van der Waals surface area contributed by atoms with Gasteiger partial charge in [0.05, 0.1) is 52.1 Å². The predicted octanol–water partition coefficient (Wildman–Crippen LogP) is 5.61. The number of ether oxygens (including phenoxy) is 2. The molecule has 0 amide bonds. The summed E-state index contributed by atoms with van der Waals surface area (Å²) in [6.45, 7) is 2.32. The van der Waals surface area contributed by atoms with Gasteiger partial charge in [0.15, 0.2) is 5.16 Å². The highest BCUT2D eigenvalue weighted by atomic mass is 32.2. The number of aromatic nitrogens is 3. The number of nitrogens with one attached hydrogen (secondary N) is 1. The number of hydrogen-bond donors (Lipinski definition) is 1. The molecule has 2 aromatic heterocycles. The van der Waals surface area contributed by atoms with Crippen molar-refractivity contribution in [3.05, 3.63) is 107 Å². The van der Waals surface area contributed by atoms with Crippen LogP contribution in [0.25, 0.3) is 22.2 Å². The maximum Gasteiger partial charge on any atom is 0.337 e. The number of aromatic amines is 1. The average Bonchev–Trinajstić information content (AvgIpc) is 3.38. The van der Waals surface area contributed by atoms with Gasteiger partial charge in [-0.25, -0.2) is 9.78 Å². The van der Waals surface area contributed by atoms with Gasteiger partial charge in [0.2, 0.25) is 0 Å². The zero-order valence-corrected chi connectivity index (χ0v) is 21.2. The third-order valence-electron chi connectivity index (χ3n) is 5.99. The van der Waals surface area contributed by atoms with Crippen LogP contribution in [0.5, 0.6) is 5.75 Å². The minimum absolute atomic E-state index is 0.268. The van der Waals surface area contributed by atoms with E-state index in [1.165, 1.54) is 7.11 Å². The molecule has 0 saturated heterocycles. The first-order valence-electron chi connectivity index (χ1n) is 11.7. The standard InChI is InChI=1S/C29H25N3O4S/c1-19-14-24(16-30-27(19)18-37(34)29-31-25-8-3-4-9-26(25)32-29)36-17-20-10-12-21(13-11-20)22-6-5-7-23(15-22)28(33)35-2/h3-16H,17-18H2,1-2H3,(H,31,32). The Bertz CT molecular complexity index is 1560. The second-order valence-corrected chi connectivity index (χ2v) is 9.91. The average molecular weight is 512 g/mol. The summed E-state index contributed by atoms with van der Waals surface area (Å²) in [5.74, 6) is 0.554. The minimum atomic E-state index is -1.34. The van der Waals surface area contributed by atoms with Crippen LogP contribution in [-0.4, -0.2) is 32.2 Å². The Morgan fingerprint density at radius 3 is 2.54 bits per heavy atom. The van der Waals surface area contributed by atoms with Crippen LogP contribution < -0.4 is 4.74 Å². The number of esters is 1. The normalized spacial score (nSPS) is 11.8. The molecule has 8 heteroatoms. The molecule has 0 aliphatic heterocycles. The lowest BCUT2D eigenvalue weighted by atomic mass is 10.0. The highest BCUT2D eigenvalue weighted by Gasteiger charge is 2.14. The van der Waals surface area contributed by atoms with Crippen molar-refractivity contribution in [1.29, 1.82) is 0 Å². The number of carbonyl (C=O) groups is 1. The minimum Gasteiger partial charge on any atom is -0.487 e. The lowest BCUT2D eigenvalue weighted by molar-refractivity contribution is 0.0600. The third kappa shape index (κ3) is 5.59. The van der Waals surface area contributed by atoms with Gasteiger partial charge in [0, 0.05) is 0 Å². The summed E-state index contributed by atoms with van der Waals surface area (Å²) in [7, 11) is 0.0367. The van der Waals surface area contributed by atoms with E-state index in [9.17, 15) is 9.00 Å². The molecule has 1 N–H and O–H groups in total. The molecule has 5 aromatic rings. The van der Waals surface area contributed by atoms with Crippen LogP contribution in [0.4, 0.5) is 0 Å². The number of H-pyrrole nitrogens is 1. The summed E-state index contributed by atoms with van der Waals surface area (Å²) >= 11 is 0. The Morgan fingerprint density at radius 2 is 1.78 bits per heavy atom. The number of methoxy groups -OCH3 is 1. The number of aryl methyl sites for hydroxylation is 1. The predicted molar refractivity (Wildman–Crippen MR) is 143 cm³/mol. The summed E-state index contributed by atoms with van der Waals surface area (Å²) in [6.07, 6.45) is 1.66. The van der Waals surface area contributed by atoms with Gasteiger partial charge in [-0.15, -0.1) is 0 Å². The second-order valence-electron chi connectivity index (χ2n) is 8.54. The van der Waals surface area contributed by atoms with E-state index in [-0.39, 0.29) is 11.7 Å². The number of fused-ring (bicyclic) bond motifs is 1. The molecule has 1 unspecified atom stereocenters. The highest BCUT2D eigenvalue weighted by Crippen LogP contribution is 2.23. The van der Waals surface area contributed by atoms with Gasteiger partial charge in [-0.2, -0.15) is 0 Å². The molecule has 0 spiro atoms. The molecule has 0 aliphatic carbocycles. The summed E-state index contributed by atoms with van der Waals surface area (Å²) < 4.78 is 23.6. The number of pyridine rings is 1. The molecular formula is C29H25N3O4S. The van der Waals surface area contributed by atoms with Crippen molar-refractivity contribution in [2.24, 2.45) is 0 Å². The van der Waals surface area contributed by atoms with Crippen molar-refractivity contribution in [2.45, 2.75) is 24.4 Å². The van der Waals surface area contributed by atoms with Crippen molar-refractivity contribution >= 4 is 27.8 Å². The van der Waals surface area contributed by atoms with E-state index >= 15 is 0 Å². The number of imidazole rings is 1. The van der Waals surface area contributed by atoms with Gasteiger partial charge >= 0.3 is 5.97 Å². The summed E-state index contributed by atoms with van der Waals surface area (Å²) in [5, 5.41) is 0.447. The van der Waals surface area contributed by atoms with Gasteiger partial charge in [-0.05, 0) is 59.5 Å². The molecule has 37 heavy (non-hydrogen) atoms. The molecular weight excluding hydrogens is 486 g/mol. The molecule has 0 fully saturated rings. The zero-order chi connectivity index (χ0) is 25.8. The number of benzene rings is 3. The quantitative estimate of drug-likeness (QED) is 0.272. The van der Waals surface area contributed by atoms with E-state index in [1.54, 1.807) is 12.3 Å². The molecule has 5 rings (SSSR count). The fraction of sp³-hybridized carbons (Fsp3) is 0.138. The zero-order valence-electron chi connectivity index (χ0n) is 20.4. The van der Waals surface area contributed by atoms with Crippen LogP contribution >= 0.6 is 0 Å². The maximum atomic E-state index is 12.9. The Kier molecular flexibility index (Phi) is 7.09. The molecule has 3 aromatic carbocycles. The van der Waals surface area contributed by atoms with Crippen molar-refractivity contribution in [3.8, 4) is 16.9 Å². The monoisotopic (exact) mass is 511 g/mol. The van der Waals surface area contributed by atoms with Gasteiger partial charge in [0.1, 0.15) is 12.4 Å². The van der Waals surface area contributed by atoms with E-state index in [0.29, 0.717) is 23.1 Å². The van der Waals surface area contributed by atoms with Gasteiger partial charge in [-0.3, -0.25) is 9.19 Å². The Labute approximate surface area is 217 Å². The molecule has 0 radical (unpaired) electrons. The molecule has 186 valence electrons. The van der Waals surface area contributed by atoms with Crippen LogP contribution in [0.2, 0.25) is 0 Å². The van der Waals surface area contributed by atoms with Crippen LogP contribution in [0.3, 0.4) is 0 Å². The largest absolute Gasteiger partial charge is 0.487 e. The Hall–Kier alpha value is -4.30. The maximum absolute atomic E-state index is 12.9. The first-order valence-corrected chi connectivity index (χ1v) is 13.0. The highest BCUT2D eigenvalue weighted by molar-refractivity contribution is 7.84. The number of carbonyl (C=O) groups excluding carboxylic acids is 1. The van der Waals surface area contributed by atoms with Gasteiger partial charge in [-0.1, -0.05) is 48.5 Å². The second kappa shape index (κ2) is 10.8. The Balaban J connectivity index is 1.21. The lowest BCUT2D eigenvalue weighted by Gasteiger charge is -2.10. The number of hydrogen-bond acceptors (Lipinski definition) is 6. The molecule has 2 heterocycles. The van der Waals surface area contributed by atoms with Crippen LogP contribution in [-0.2, 0) is 27.9 Å². The molecule has 0 bridgehead atoms. The van der Waals surface area contributed by atoms with Crippen LogP contribution in [0.1, 0.15) is 27.2 Å². The first-order chi connectivity index (χ1) is 18.0.